The number of para-hydroxylation sites is 1. The molecule has 0 saturated carbocycles. The third-order valence-corrected chi connectivity index (χ3v) is 3.10. The Hall–Kier alpha value is -1.09. The van der Waals surface area contributed by atoms with E-state index < -0.39 is 0 Å². The lowest BCUT2D eigenvalue weighted by Crippen LogP contribution is -2.27. The molecular formula is C14H23FN2. The van der Waals surface area contributed by atoms with Crippen LogP contribution in [0.15, 0.2) is 24.3 Å². The van der Waals surface area contributed by atoms with Gasteiger partial charge >= 0.3 is 0 Å². The summed E-state index contributed by atoms with van der Waals surface area (Å²) in [4.78, 5) is 2.07. The molecule has 0 heterocycles. The van der Waals surface area contributed by atoms with E-state index in [1.807, 2.05) is 19.1 Å². The van der Waals surface area contributed by atoms with Gasteiger partial charge < -0.3 is 10.6 Å². The van der Waals surface area contributed by atoms with Crippen LogP contribution >= 0.6 is 0 Å². The molecule has 0 aromatic heterocycles. The molecule has 2 N–H and O–H groups in total. The molecule has 1 unspecified atom stereocenters. The van der Waals surface area contributed by atoms with Gasteiger partial charge in [-0.25, -0.2) is 4.39 Å². The highest BCUT2D eigenvalue weighted by Gasteiger charge is 2.09. The maximum atomic E-state index is 13.6. The summed E-state index contributed by atoms with van der Waals surface area (Å²) in [6.07, 6.45) is 3.02. The number of nitrogens with zero attached hydrogens (tertiary/aromatic N) is 1. The van der Waals surface area contributed by atoms with E-state index in [1.165, 1.54) is 6.07 Å². The van der Waals surface area contributed by atoms with E-state index in [-0.39, 0.29) is 11.9 Å². The van der Waals surface area contributed by atoms with Gasteiger partial charge in [-0.2, -0.15) is 0 Å². The Bertz CT molecular complexity index is 328. The van der Waals surface area contributed by atoms with Crippen LogP contribution in [0.1, 0.15) is 33.1 Å². The van der Waals surface area contributed by atoms with Crippen LogP contribution in [0.3, 0.4) is 0 Å². The highest BCUT2D eigenvalue weighted by atomic mass is 19.1. The van der Waals surface area contributed by atoms with Crippen molar-refractivity contribution in [2.45, 2.75) is 39.2 Å². The van der Waals surface area contributed by atoms with Gasteiger partial charge in [-0.3, -0.25) is 0 Å². The van der Waals surface area contributed by atoms with Gasteiger partial charge in [-0.1, -0.05) is 19.1 Å². The van der Waals surface area contributed by atoms with Crippen molar-refractivity contribution in [3.05, 3.63) is 30.1 Å². The number of anilines is 1. The monoisotopic (exact) mass is 238 g/mol. The van der Waals surface area contributed by atoms with Crippen molar-refractivity contribution >= 4 is 5.69 Å². The second kappa shape index (κ2) is 7.28. The second-order valence-corrected chi connectivity index (χ2v) is 4.34. The summed E-state index contributed by atoms with van der Waals surface area (Å²) < 4.78 is 13.6. The molecule has 0 radical (unpaired) electrons. The minimum atomic E-state index is -0.144. The number of benzene rings is 1. The third kappa shape index (κ3) is 4.35. The van der Waals surface area contributed by atoms with Crippen LogP contribution in [0, 0.1) is 5.82 Å². The Morgan fingerprint density at radius 3 is 2.59 bits per heavy atom. The first kappa shape index (κ1) is 14.0. The Labute approximate surface area is 104 Å². The summed E-state index contributed by atoms with van der Waals surface area (Å²) in [6.45, 7) is 5.83. The summed E-state index contributed by atoms with van der Waals surface area (Å²) in [7, 11) is 0. The van der Waals surface area contributed by atoms with Crippen LogP contribution in [0.4, 0.5) is 10.1 Å². The molecule has 96 valence electrons. The van der Waals surface area contributed by atoms with E-state index in [0.717, 1.165) is 32.4 Å². The fraction of sp³-hybridized carbons (Fsp3) is 0.571. The summed E-state index contributed by atoms with van der Waals surface area (Å²) in [6, 6.07) is 7.21. The minimum Gasteiger partial charge on any atom is -0.369 e. The van der Waals surface area contributed by atoms with Crippen LogP contribution in [0.2, 0.25) is 0 Å². The number of halogens is 1. The Kier molecular flexibility index (Phi) is 5.98. The predicted octanol–water partition coefficient (Wildman–Crippen LogP) is 3.17. The fourth-order valence-corrected chi connectivity index (χ4v) is 1.91. The zero-order valence-corrected chi connectivity index (χ0v) is 10.8. The molecule has 1 aromatic carbocycles. The van der Waals surface area contributed by atoms with E-state index in [0.29, 0.717) is 5.69 Å². The lowest BCUT2D eigenvalue weighted by atomic mass is 10.1. The Morgan fingerprint density at radius 2 is 2.00 bits per heavy atom. The van der Waals surface area contributed by atoms with Crippen molar-refractivity contribution in [2.75, 3.05) is 18.0 Å². The second-order valence-electron chi connectivity index (χ2n) is 4.34. The van der Waals surface area contributed by atoms with Gasteiger partial charge in [-0.15, -0.1) is 0 Å². The zero-order valence-electron chi connectivity index (χ0n) is 10.8. The highest BCUT2D eigenvalue weighted by molar-refractivity contribution is 5.47. The van der Waals surface area contributed by atoms with Crippen molar-refractivity contribution < 1.29 is 4.39 Å². The Morgan fingerprint density at radius 1 is 1.29 bits per heavy atom. The molecule has 0 fully saturated rings. The molecule has 0 bridgehead atoms. The largest absolute Gasteiger partial charge is 0.369 e. The molecule has 0 saturated heterocycles. The van der Waals surface area contributed by atoms with Crippen molar-refractivity contribution in [1.82, 2.24) is 0 Å². The molecule has 1 rings (SSSR count). The predicted molar refractivity (Wildman–Crippen MR) is 71.8 cm³/mol. The van der Waals surface area contributed by atoms with Crippen LogP contribution in [0.25, 0.3) is 0 Å². The van der Waals surface area contributed by atoms with Crippen LogP contribution in [-0.2, 0) is 0 Å². The number of hydrogen-bond acceptors (Lipinski definition) is 2. The highest BCUT2D eigenvalue weighted by Crippen LogP contribution is 2.18. The molecule has 1 atom stereocenters. The number of hydrogen-bond donors (Lipinski definition) is 1. The van der Waals surface area contributed by atoms with Gasteiger partial charge in [0.2, 0.25) is 0 Å². The lowest BCUT2D eigenvalue weighted by Gasteiger charge is -2.24. The Balaban J connectivity index is 2.52. The van der Waals surface area contributed by atoms with Gasteiger partial charge in [0.15, 0.2) is 0 Å². The molecule has 17 heavy (non-hydrogen) atoms. The standard InChI is InChI=1S/C14H23FN2/c1-3-12(16)8-7-11-17(4-2)14-10-6-5-9-13(14)15/h5-6,9-10,12H,3-4,7-8,11,16H2,1-2H3. The molecule has 0 spiro atoms. The van der Waals surface area contributed by atoms with Crippen molar-refractivity contribution in [1.29, 1.82) is 0 Å². The third-order valence-electron chi connectivity index (χ3n) is 3.10. The first-order valence-corrected chi connectivity index (χ1v) is 6.44. The average molecular weight is 238 g/mol. The van der Waals surface area contributed by atoms with Gasteiger partial charge in [0.1, 0.15) is 5.82 Å². The van der Waals surface area contributed by atoms with E-state index in [4.69, 9.17) is 5.73 Å². The smallest absolute Gasteiger partial charge is 0.146 e. The van der Waals surface area contributed by atoms with Gasteiger partial charge in [0.05, 0.1) is 5.69 Å². The molecular weight excluding hydrogens is 215 g/mol. The van der Waals surface area contributed by atoms with Crippen molar-refractivity contribution in [3.63, 3.8) is 0 Å². The lowest BCUT2D eigenvalue weighted by molar-refractivity contribution is 0.558. The zero-order chi connectivity index (χ0) is 12.7. The van der Waals surface area contributed by atoms with E-state index >= 15 is 0 Å². The molecule has 2 nitrogen and oxygen atoms in total. The van der Waals surface area contributed by atoms with Crippen LogP contribution in [-0.4, -0.2) is 19.1 Å². The quantitative estimate of drug-likeness (QED) is 0.790. The maximum Gasteiger partial charge on any atom is 0.146 e. The number of rotatable bonds is 7. The molecule has 0 amide bonds. The van der Waals surface area contributed by atoms with Gasteiger partial charge in [-0.05, 0) is 38.3 Å². The molecule has 0 aliphatic heterocycles. The summed E-state index contributed by atoms with van der Waals surface area (Å²) in [5, 5.41) is 0. The number of nitrogens with two attached hydrogens (primary N) is 1. The normalized spacial score (nSPS) is 12.5. The van der Waals surface area contributed by atoms with Gasteiger partial charge in [0, 0.05) is 19.1 Å². The topological polar surface area (TPSA) is 29.3 Å². The maximum absolute atomic E-state index is 13.6. The molecule has 0 aliphatic carbocycles. The minimum absolute atomic E-state index is 0.144. The van der Waals surface area contributed by atoms with Crippen molar-refractivity contribution in [3.8, 4) is 0 Å². The molecule has 1 aromatic rings. The summed E-state index contributed by atoms with van der Waals surface area (Å²) >= 11 is 0. The van der Waals surface area contributed by atoms with E-state index in [1.54, 1.807) is 6.07 Å². The molecule has 0 aliphatic rings. The summed E-state index contributed by atoms with van der Waals surface area (Å²) in [5.74, 6) is -0.144. The fourth-order valence-electron chi connectivity index (χ4n) is 1.91. The first-order valence-electron chi connectivity index (χ1n) is 6.44. The first-order chi connectivity index (χ1) is 8.19. The molecule has 3 heteroatoms. The van der Waals surface area contributed by atoms with Crippen LogP contribution in [0.5, 0.6) is 0 Å². The van der Waals surface area contributed by atoms with E-state index in [9.17, 15) is 4.39 Å². The van der Waals surface area contributed by atoms with Gasteiger partial charge in [0.25, 0.3) is 0 Å². The SMILES string of the molecule is CCC(N)CCCN(CC)c1ccccc1F. The van der Waals surface area contributed by atoms with Crippen LogP contribution < -0.4 is 10.6 Å². The van der Waals surface area contributed by atoms with Crippen molar-refractivity contribution in [2.24, 2.45) is 5.73 Å². The van der Waals surface area contributed by atoms with E-state index in [2.05, 4.69) is 11.8 Å². The summed E-state index contributed by atoms with van der Waals surface area (Å²) in [5.41, 5.74) is 6.57. The average Bonchev–Trinajstić information content (AvgIpc) is 2.35.